The lowest BCUT2D eigenvalue weighted by Gasteiger charge is -2.11. The van der Waals surface area contributed by atoms with Gasteiger partial charge in [-0.15, -0.1) is 0 Å². The number of hydrazone groups is 1. The van der Waals surface area contributed by atoms with Crippen molar-refractivity contribution in [3.05, 3.63) is 125 Å². The second-order valence-electron chi connectivity index (χ2n) is 8.56. The van der Waals surface area contributed by atoms with Crippen LogP contribution in [0.5, 0.6) is 5.75 Å². The number of carbonyl (C=O) groups excluding carboxylic acids is 2. The van der Waals surface area contributed by atoms with Gasteiger partial charge in [0.2, 0.25) is 5.91 Å². The summed E-state index contributed by atoms with van der Waals surface area (Å²) in [6.07, 6.45) is 1.73. The van der Waals surface area contributed by atoms with Crippen LogP contribution in [0.4, 0.5) is 0 Å². The van der Waals surface area contributed by atoms with Gasteiger partial charge in [0, 0.05) is 5.56 Å². The first kappa shape index (κ1) is 23.0. The number of hydrogen-bond acceptors (Lipinski definition) is 4. The second kappa shape index (κ2) is 10.2. The van der Waals surface area contributed by atoms with E-state index in [1.54, 1.807) is 18.2 Å². The fraction of sp³-hybridized carbons (Fsp3) is 0.0645. The lowest BCUT2D eigenvalue weighted by atomic mass is 10.0. The Bertz CT molecular complexity index is 1600. The van der Waals surface area contributed by atoms with Crippen molar-refractivity contribution in [1.82, 2.24) is 5.43 Å². The van der Waals surface area contributed by atoms with E-state index in [2.05, 4.69) is 10.5 Å². The molecule has 0 unspecified atom stereocenters. The Kier molecular flexibility index (Phi) is 6.54. The van der Waals surface area contributed by atoms with E-state index in [4.69, 9.17) is 4.74 Å². The molecule has 0 heterocycles. The van der Waals surface area contributed by atoms with E-state index in [-0.39, 0.29) is 12.3 Å². The molecule has 0 aromatic heterocycles. The van der Waals surface area contributed by atoms with Crippen molar-refractivity contribution in [1.29, 1.82) is 0 Å². The highest BCUT2D eigenvalue weighted by Gasteiger charge is 2.14. The van der Waals surface area contributed by atoms with Gasteiger partial charge in [0.1, 0.15) is 5.75 Å². The molecule has 1 N–H and O–H groups in total. The maximum atomic E-state index is 12.8. The summed E-state index contributed by atoms with van der Waals surface area (Å²) in [5.41, 5.74) is 5.67. The van der Waals surface area contributed by atoms with Gasteiger partial charge in [0.05, 0.1) is 18.2 Å². The SMILES string of the molecule is Cc1ccc(C(=O)Oc2ccc3ccccc3c2/C=N/NC(=O)Cc2cccc3ccccc23)cc1. The molecule has 0 spiro atoms. The number of nitrogens with zero attached hydrogens (tertiary/aromatic N) is 1. The predicted molar refractivity (Wildman–Crippen MR) is 143 cm³/mol. The summed E-state index contributed by atoms with van der Waals surface area (Å²) in [7, 11) is 0. The number of benzene rings is 5. The molecule has 176 valence electrons. The maximum absolute atomic E-state index is 12.8. The summed E-state index contributed by atoms with van der Waals surface area (Å²) in [5.74, 6) is -0.327. The van der Waals surface area contributed by atoms with E-state index >= 15 is 0 Å². The minimum atomic E-state index is -0.458. The summed E-state index contributed by atoms with van der Waals surface area (Å²) in [4.78, 5) is 25.4. The van der Waals surface area contributed by atoms with Crippen LogP contribution in [0.15, 0.2) is 108 Å². The Morgan fingerprint density at radius 1 is 0.778 bits per heavy atom. The van der Waals surface area contributed by atoms with Gasteiger partial charge in [-0.3, -0.25) is 4.79 Å². The molecule has 0 aliphatic carbocycles. The van der Waals surface area contributed by atoms with Gasteiger partial charge >= 0.3 is 5.97 Å². The fourth-order valence-electron chi connectivity index (χ4n) is 4.17. The minimum Gasteiger partial charge on any atom is -0.422 e. The molecule has 1 amide bonds. The lowest BCUT2D eigenvalue weighted by Crippen LogP contribution is -2.20. The van der Waals surface area contributed by atoms with Gasteiger partial charge in [-0.05, 0) is 52.2 Å². The zero-order valence-electron chi connectivity index (χ0n) is 19.8. The summed E-state index contributed by atoms with van der Waals surface area (Å²) in [6.45, 7) is 1.96. The van der Waals surface area contributed by atoms with Crippen LogP contribution < -0.4 is 10.2 Å². The molecular formula is C31H24N2O3. The Morgan fingerprint density at radius 3 is 2.22 bits per heavy atom. The molecule has 5 heteroatoms. The van der Waals surface area contributed by atoms with Crippen LogP contribution >= 0.6 is 0 Å². The van der Waals surface area contributed by atoms with Gasteiger partial charge in [0.25, 0.3) is 0 Å². The maximum Gasteiger partial charge on any atom is 0.343 e. The normalized spacial score (nSPS) is 11.1. The zero-order chi connectivity index (χ0) is 24.9. The number of esters is 1. The molecule has 0 bridgehead atoms. The molecule has 0 atom stereocenters. The third-order valence-electron chi connectivity index (χ3n) is 6.03. The minimum absolute atomic E-state index is 0.198. The van der Waals surface area contributed by atoms with Crippen molar-refractivity contribution in [2.75, 3.05) is 0 Å². The molecule has 0 saturated heterocycles. The van der Waals surface area contributed by atoms with Crippen LogP contribution in [0.25, 0.3) is 21.5 Å². The quantitative estimate of drug-likeness (QED) is 0.138. The van der Waals surface area contributed by atoms with Gasteiger partial charge < -0.3 is 4.74 Å². The molecule has 5 aromatic rings. The number of aryl methyl sites for hydroxylation is 1. The molecular weight excluding hydrogens is 448 g/mol. The molecule has 0 aliphatic rings. The number of carbonyl (C=O) groups is 2. The van der Waals surface area contributed by atoms with E-state index in [0.29, 0.717) is 16.9 Å². The van der Waals surface area contributed by atoms with Crippen molar-refractivity contribution in [2.24, 2.45) is 5.10 Å². The second-order valence-corrected chi connectivity index (χ2v) is 8.56. The number of ether oxygens (including phenoxy) is 1. The van der Waals surface area contributed by atoms with Crippen molar-refractivity contribution < 1.29 is 14.3 Å². The largest absolute Gasteiger partial charge is 0.422 e. The van der Waals surface area contributed by atoms with Crippen molar-refractivity contribution in [3.8, 4) is 5.75 Å². The lowest BCUT2D eigenvalue weighted by molar-refractivity contribution is -0.120. The van der Waals surface area contributed by atoms with Crippen molar-refractivity contribution >= 4 is 39.6 Å². The van der Waals surface area contributed by atoms with E-state index in [1.165, 1.54) is 6.21 Å². The Morgan fingerprint density at radius 2 is 1.44 bits per heavy atom. The van der Waals surface area contributed by atoms with Crippen LogP contribution in [0.1, 0.15) is 27.0 Å². The molecule has 0 radical (unpaired) electrons. The van der Waals surface area contributed by atoms with Gasteiger partial charge in [-0.2, -0.15) is 5.10 Å². The van der Waals surface area contributed by atoms with Crippen LogP contribution in [-0.2, 0) is 11.2 Å². The highest BCUT2D eigenvalue weighted by Crippen LogP contribution is 2.27. The van der Waals surface area contributed by atoms with Crippen LogP contribution in [0, 0.1) is 6.92 Å². The molecule has 0 fully saturated rings. The van der Waals surface area contributed by atoms with Crippen molar-refractivity contribution in [3.63, 3.8) is 0 Å². The first-order valence-electron chi connectivity index (χ1n) is 11.7. The number of fused-ring (bicyclic) bond motifs is 2. The van der Waals surface area contributed by atoms with E-state index < -0.39 is 5.97 Å². The Hall–Kier alpha value is -4.77. The zero-order valence-corrected chi connectivity index (χ0v) is 19.8. The van der Waals surface area contributed by atoms with Crippen molar-refractivity contribution in [2.45, 2.75) is 13.3 Å². The monoisotopic (exact) mass is 472 g/mol. The summed E-state index contributed by atoms with van der Waals surface area (Å²) < 4.78 is 5.74. The number of hydrogen-bond donors (Lipinski definition) is 1. The van der Waals surface area contributed by atoms with Crippen LogP contribution in [0.3, 0.4) is 0 Å². The average Bonchev–Trinajstić information content (AvgIpc) is 2.90. The molecule has 36 heavy (non-hydrogen) atoms. The topological polar surface area (TPSA) is 67.8 Å². The number of nitrogens with one attached hydrogen (secondary N) is 1. The first-order chi connectivity index (χ1) is 17.6. The average molecular weight is 473 g/mol. The van der Waals surface area contributed by atoms with E-state index in [1.807, 2.05) is 91.9 Å². The molecule has 5 nitrogen and oxygen atoms in total. The van der Waals surface area contributed by atoms with Crippen LogP contribution in [-0.4, -0.2) is 18.1 Å². The number of amides is 1. The first-order valence-corrected chi connectivity index (χ1v) is 11.7. The fourth-order valence-corrected chi connectivity index (χ4v) is 4.17. The smallest absolute Gasteiger partial charge is 0.343 e. The molecule has 5 rings (SSSR count). The highest BCUT2D eigenvalue weighted by atomic mass is 16.5. The van der Waals surface area contributed by atoms with Gasteiger partial charge in [0.15, 0.2) is 0 Å². The standard InChI is InChI=1S/C31H24N2O3/c1-21-13-15-24(16-14-21)31(35)36-29-18-17-23-8-3-5-12-27(23)28(29)20-32-33-30(34)19-25-10-6-9-22-7-2-4-11-26(22)25/h2-18,20H,19H2,1H3,(H,33,34)/b32-20+. The Labute approximate surface area is 209 Å². The highest BCUT2D eigenvalue weighted by molar-refractivity contribution is 6.04. The van der Waals surface area contributed by atoms with E-state index in [9.17, 15) is 9.59 Å². The molecule has 0 aliphatic heterocycles. The summed E-state index contributed by atoms with van der Waals surface area (Å²) in [6, 6.07) is 32.5. The van der Waals surface area contributed by atoms with Gasteiger partial charge in [-0.1, -0.05) is 90.5 Å². The summed E-state index contributed by atoms with van der Waals surface area (Å²) >= 11 is 0. The third-order valence-corrected chi connectivity index (χ3v) is 6.03. The van der Waals surface area contributed by atoms with Gasteiger partial charge in [-0.25, -0.2) is 10.2 Å². The molecule has 0 saturated carbocycles. The third kappa shape index (κ3) is 5.00. The van der Waals surface area contributed by atoms with E-state index in [0.717, 1.165) is 32.7 Å². The van der Waals surface area contributed by atoms with Crippen LogP contribution in [0.2, 0.25) is 0 Å². The molecule has 5 aromatic carbocycles. The summed E-state index contributed by atoms with van der Waals surface area (Å²) in [5, 5.41) is 8.16. The Balaban J connectivity index is 1.38. The predicted octanol–water partition coefficient (Wildman–Crippen LogP) is 6.21. The number of rotatable bonds is 6.